The molecule has 5 nitrogen and oxygen atoms in total. The summed E-state index contributed by atoms with van der Waals surface area (Å²) in [6.45, 7) is 1.88. The molecule has 0 aliphatic rings. The largest absolute Gasteiger partial charge is 0.399 e. The number of para-hydroxylation sites is 1. The van der Waals surface area contributed by atoms with Crippen molar-refractivity contribution in [3.63, 3.8) is 0 Å². The highest BCUT2D eigenvalue weighted by Gasteiger charge is 2.18. The lowest BCUT2D eigenvalue weighted by atomic mass is 10.1. The van der Waals surface area contributed by atoms with Gasteiger partial charge in [-0.1, -0.05) is 17.7 Å². The lowest BCUT2D eigenvalue weighted by Gasteiger charge is -2.09. The van der Waals surface area contributed by atoms with Crippen LogP contribution in [0.15, 0.2) is 36.4 Å². The molecule has 0 amide bonds. The minimum atomic E-state index is -0.496. The van der Waals surface area contributed by atoms with E-state index in [4.69, 9.17) is 17.3 Å². The minimum Gasteiger partial charge on any atom is -0.399 e. The maximum Gasteiger partial charge on any atom is 0.187 e. The van der Waals surface area contributed by atoms with Crippen molar-refractivity contribution in [2.45, 2.75) is 6.92 Å². The summed E-state index contributed by atoms with van der Waals surface area (Å²) in [7, 11) is 0. The fraction of sp³-hybridized carbons (Fsp3) is 0.0714. The van der Waals surface area contributed by atoms with Crippen molar-refractivity contribution in [3.05, 3.63) is 52.8 Å². The van der Waals surface area contributed by atoms with Gasteiger partial charge in [-0.25, -0.2) is 4.39 Å². The fourth-order valence-corrected chi connectivity index (χ4v) is 2.38. The molecule has 2 aromatic carbocycles. The fourth-order valence-electron chi connectivity index (χ4n) is 2.13. The Balaban J connectivity index is 2.22. The molecule has 0 aliphatic heterocycles. The third kappa shape index (κ3) is 2.34. The van der Waals surface area contributed by atoms with Crippen LogP contribution >= 0.6 is 11.6 Å². The van der Waals surface area contributed by atoms with E-state index in [1.54, 1.807) is 24.3 Å². The number of benzene rings is 2. The van der Waals surface area contributed by atoms with Crippen molar-refractivity contribution in [1.82, 2.24) is 20.2 Å². The van der Waals surface area contributed by atoms with E-state index in [1.165, 1.54) is 16.8 Å². The number of nitrogens with two attached hydrogens (primary N) is 1. The van der Waals surface area contributed by atoms with Gasteiger partial charge in [0.15, 0.2) is 11.6 Å². The molecule has 0 saturated carbocycles. The van der Waals surface area contributed by atoms with E-state index in [0.717, 1.165) is 11.1 Å². The normalized spacial score (nSPS) is 10.8. The van der Waals surface area contributed by atoms with E-state index in [9.17, 15) is 4.39 Å². The molecular formula is C14H11ClFN5. The van der Waals surface area contributed by atoms with Crippen LogP contribution in [-0.4, -0.2) is 20.2 Å². The van der Waals surface area contributed by atoms with Crippen molar-refractivity contribution in [2.24, 2.45) is 0 Å². The highest BCUT2D eigenvalue weighted by atomic mass is 35.5. The van der Waals surface area contributed by atoms with Gasteiger partial charge in [0, 0.05) is 11.3 Å². The molecule has 2 N–H and O–H groups in total. The van der Waals surface area contributed by atoms with Crippen molar-refractivity contribution in [1.29, 1.82) is 0 Å². The van der Waals surface area contributed by atoms with E-state index >= 15 is 0 Å². The Hall–Kier alpha value is -2.47. The van der Waals surface area contributed by atoms with Gasteiger partial charge < -0.3 is 5.73 Å². The second-order valence-electron chi connectivity index (χ2n) is 4.56. The predicted octanol–water partition coefficient (Wildman–Crippen LogP) is 3.01. The van der Waals surface area contributed by atoms with Crippen molar-refractivity contribution in [3.8, 4) is 17.1 Å². The Labute approximate surface area is 125 Å². The molecule has 1 heterocycles. The Morgan fingerprint density at radius 1 is 1.24 bits per heavy atom. The van der Waals surface area contributed by atoms with Crippen LogP contribution in [0, 0.1) is 12.7 Å². The first-order valence-corrected chi connectivity index (χ1v) is 6.55. The summed E-state index contributed by atoms with van der Waals surface area (Å²) in [4.78, 5) is 0. The molecule has 0 spiro atoms. The summed E-state index contributed by atoms with van der Waals surface area (Å²) in [6, 6.07) is 9.76. The predicted molar refractivity (Wildman–Crippen MR) is 78.7 cm³/mol. The number of rotatable bonds is 2. The van der Waals surface area contributed by atoms with Gasteiger partial charge in [0.1, 0.15) is 5.69 Å². The van der Waals surface area contributed by atoms with E-state index in [2.05, 4.69) is 15.5 Å². The van der Waals surface area contributed by atoms with Crippen LogP contribution in [0.25, 0.3) is 17.1 Å². The van der Waals surface area contributed by atoms with Crippen LogP contribution in [0.2, 0.25) is 5.02 Å². The molecule has 0 unspecified atom stereocenters. The summed E-state index contributed by atoms with van der Waals surface area (Å²) in [5.41, 5.74) is 8.14. The number of nitrogen functional groups attached to an aromatic ring is 1. The Kier molecular flexibility index (Phi) is 3.31. The van der Waals surface area contributed by atoms with Crippen molar-refractivity contribution < 1.29 is 4.39 Å². The number of aryl methyl sites for hydroxylation is 1. The van der Waals surface area contributed by atoms with Crippen LogP contribution in [-0.2, 0) is 0 Å². The average molecular weight is 304 g/mol. The lowest BCUT2D eigenvalue weighted by Crippen LogP contribution is -2.04. The molecule has 7 heteroatoms. The molecule has 0 fully saturated rings. The van der Waals surface area contributed by atoms with Gasteiger partial charge in [0.2, 0.25) is 0 Å². The molecule has 0 atom stereocenters. The van der Waals surface area contributed by atoms with Gasteiger partial charge in [-0.05, 0) is 53.2 Å². The maximum absolute atomic E-state index is 14.1. The summed E-state index contributed by atoms with van der Waals surface area (Å²) < 4.78 is 15.3. The van der Waals surface area contributed by atoms with Crippen LogP contribution < -0.4 is 5.73 Å². The first-order valence-electron chi connectivity index (χ1n) is 6.17. The smallest absolute Gasteiger partial charge is 0.187 e. The summed E-state index contributed by atoms with van der Waals surface area (Å²) >= 11 is 6.07. The summed E-state index contributed by atoms with van der Waals surface area (Å²) in [6.07, 6.45) is 0. The Morgan fingerprint density at radius 2 is 2.05 bits per heavy atom. The number of nitrogens with zero attached hydrogens (tertiary/aromatic N) is 4. The third-order valence-electron chi connectivity index (χ3n) is 3.11. The molecule has 0 radical (unpaired) electrons. The monoisotopic (exact) mass is 303 g/mol. The number of hydrogen-bond donors (Lipinski definition) is 1. The van der Waals surface area contributed by atoms with Crippen molar-refractivity contribution >= 4 is 17.3 Å². The second kappa shape index (κ2) is 5.14. The number of anilines is 1. The first-order chi connectivity index (χ1) is 10.1. The van der Waals surface area contributed by atoms with E-state index < -0.39 is 5.82 Å². The zero-order chi connectivity index (χ0) is 15.0. The number of hydrogen-bond acceptors (Lipinski definition) is 4. The van der Waals surface area contributed by atoms with Gasteiger partial charge >= 0.3 is 0 Å². The van der Waals surface area contributed by atoms with Crippen LogP contribution in [0.1, 0.15) is 5.56 Å². The minimum absolute atomic E-state index is 0.121. The Bertz CT molecular complexity index is 795. The quantitative estimate of drug-likeness (QED) is 0.739. The van der Waals surface area contributed by atoms with E-state index in [-0.39, 0.29) is 10.7 Å². The van der Waals surface area contributed by atoms with Crippen molar-refractivity contribution in [2.75, 3.05) is 5.73 Å². The Morgan fingerprint density at radius 3 is 2.76 bits per heavy atom. The second-order valence-corrected chi connectivity index (χ2v) is 4.97. The molecule has 0 bridgehead atoms. The number of halogens is 2. The van der Waals surface area contributed by atoms with Crippen LogP contribution in [0.3, 0.4) is 0 Å². The lowest BCUT2D eigenvalue weighted by molar-refractivity contribution is 0.608. The molecule has 0 saturated heterocycles. The zero-order valence-electron chi connectivity index (χ0n) is 11.1. The maximum atomic E-state index is 14.1. The molecule has 1 aromatic heterocycles. The SMILES string of the molecule is Cc1cc(N)ccc1-c1nnnn1-c1c(F)cccc1Cl. The average Bonchev–Trinajstić information content (AvgIpc) is 2.87. The molecule has 0 aliphatic carbocycles. The van der Waals surface area contributed by atoms with Crippen LogP contribution in [0.4, 0.5) is 10.1 Å². The summed E-state index contributed by atoms with van der Waals surface area (Å²) in [5, 5.41) is 11.7. The highest BCUT2D eigenvalue weighted by Crippen LogP contribution is 2.29. The topological polar surface area (TPSA) is 69.6 Å². The van der Waals surface area contributed by atoms with Gasteiger partial charge in [0.05, 0.1) is 5.02 Å². The molecular weight excluding hydrogens is 293 g/mol. The summed E-state index contributed by atoms with van der Waals surface area (Å²) in [5.74, 6) is -0.0938. The van der Waals surface area contributed by atoms with Crippen LogP contribution in [0.5, 0.6) is 0 Å². The van der Waals surface area contributed by atoms with E-state index in [1.807, 2.05) is 6.92 Å². The number of aromatic nitrogens is 4. The molecule has 3 aromatic rings. The molecule has 3 rings (SSSR count). The third-order valence-corrected chi connectivity index (χ3v) is 3.42. The van der Waals surface area contributed by atoms with Gasteiger partial charge in [-0.15, -0.1) is 5.10 Å². The van der Waals surface area contributed by atoms with Gasteiger partial charge in [-0.2, -0.15) is 4.68 Å². The van der Waals surface area contributed by atoms with E-state index in [0.29, 0.717) is 11.5 Å². The zero-order valence-corrected chi connectivity index (χ0v) is 11.8. The first kappa shape index (κ1) is 13.5. The van der Waals surface area contributed by atoms with Gasteiger partial charge in [-0.3, -0.25) is 0 Å². The standard InChI is InChI=1S/C14H11ClFN5/c1-8-7-9(17)5-6-10(8)14-18-19-20-21(14)13-11(15)3-2-4-12(13)16/h2-7H,17H2,1H3. The van der Waals surface area contributed by atoms with Gasteiger partial charge in [0.25, 0.3) is 0 Å². The molecule has 21 heavy (non-hydrogen) atoms. The highest BCUT2D eigenvalue weighted by molar-refractivity contribution is 6.32. The molecule has 106 valence electrons. The number of tetrazole rings is 1.